The number of piperidine rings is 1. The van der Waals surface area contributed by atoms with Gasteiger partial charge in [0.15, 0.2) is 0 Å². The number of carbonyl (C=O) groups is 1. The van der Waals surface area contributed by atoms with Crippen LogP contribution in [0.4, 0.5) is 5.69 Å². The van der Waals surface area contributed by atoms with Gasteiger partial charge in [0.25, 0.3) is 0 Å². The number of benzene rings is 1. The number of methoxy groups -OCH3 is 1. The fourth-order valence-corrected chi connectivity index (χ4v) is 2.68. The van der Waals surface area contributed by atoms with Gasteiger partial charge in [-0.25, -0.2) is 0 Å². The van der Waals surface area contributed by atoms with Gasteiger partial charge < -0.3 is 15.0 Å². The van der Waals surface area contributed by atoms with Gasteiger partial charge in [-0.2, -0.15) is 0 Å². The van der Waals surface area contributed by atoms with Crippen molar-refractivity contribution < 1.29 is 9.53 Å². The number of hydrogen-bond acceptors (Lipinski definition) is 3. The van der Waals surface area contributed by atoms with E-state index in [-0.39, 0.29) is 5.91 Å². The molecule has 0 spiro atoms. The molecule has 4 heteroatoms. The molecule has 2 rings (SSSR count). The van der Waals surface area contributed by atoms with Crippen molar-refractivity contribution in [1.29, 1.82) is 0 Å². The lowest BCUT2D eigenvalue weighted by Crippen LogP contribution is -2.38. The van der Waals surface area contributed by atoms with E-state index in [4.69, 9.17) is 4.74 Å². The highest BCUT2D eigenvalue weighted by Gasteiger charge is 2.19. The molecule has 0 aromatic heterocycles. The topological polar surface area (TPSA) is 41.6 Å². The maximum Gasteiger partial charge on any atom is 0.224 e. The van der Waals surface area contributed by atoms with Crippen LogP contribution in [-0.4, -0.2) is 37.6 Å². The fraction of sp³-hybridized carbons (Fsp3) is 0.588. The zero-order valence-corrected chi connectivity index (χ0v) is 13.3. The van der Waals surface area contributed by atoms with Crippen molar-refractivity contribution >= 4 is 11.6 Å². The van der Waals surface area contributed by atoms with Crippen molar-refractivity contribution in [1.82, 2.24) is 4.90 Å². The normalized spacial score (nSPS) is 15.9. The van der Waals surface area contributed by atoms with Crippen LogP contribution < -0.4 is 10.1 Å². The van der Waals surface area contributed by atoms with Gasteiger partial charge in [0.2, 0.25) is 5.91 Å². The van der Waals surface area contributed by atoms with Crippen molar-refractivity contribution in [2.24, 2.45) is 5.92 Å². The van der Waals surface area contributed by atoms with Gasteiger partial charge in [-0.3, -0.25) is 4.79 Å². The summed E-state index contributed by atoms with van der Waals surface area (Å²) in [4.78, 5) is 14.2. The summed E-state index contributed by atoms with van der Waals surface area (Å²) in [5.74, 6) is 1.82. The summed E-state index contributed by atoms with van der Waals surface area (Å²) in [5, 5.41) is 3.31. The molecule has 1 aromatic carbocycles. The Labute approximate surface area is 127 Å². The maximum absolute atomic E-state index is 12.2. The van der Waals surface area contributed by atoms with Gasteiger partial charge in [0, 0.05) is 26.1 Å². The average Bonchev–Trinajstić information content (AvgIpc) is 2.48. The highest BCUT2D eigenvalue weighted by molar-refractivity contribution is 5.77. The predicted octanol–water partition coefficient (Wildman–Crippen LogP) is 3.06. The molecule has 1 amide bonds. The molecule has 0 unspecified atom stereocenters. The van der Waals surface area contributed by atoms with E-state index < -0.39 is 0 Å². The van der Waals surface area contributed by atoms with Crippen LogP contribution in [0, 0.1) is 12.8 Å². The summed E-state index contributed by atoms with van der Waals surface area (Å²) in [5.41, 5.74) is 2.13. The second-order valence-electron chi connectivity index (χ2n) is 5.94. The van der Waals surface area contributed by atoms with Gasteiger partial charge >= 0.3 is 0 Å². The highest BCUT2D eigenvalue weighted by Crippen LogP contribution is 2.25. The molecule has 21 heavy (non-hydrogen) atoms. The average molecular weight is 290 g/mol. The second kappa shape index (κ2) is 7.34. The first-order valence-electron chi connectivity index (χ1n) is 7.76. The SMILES string of the molecule is COc1ccc(C)cc1NCCC(=O)N1CCC(C)CC1. The zero-order valence-electron chi connectivity index (χ0n) is 13.3. The molecule has 1 heterocycles. The molecule has 1 fully saturated rings. The molecular weight excluding hydrogens is 264 g/mol. The van der Waals surface area contributed by atoms with Crippen molar-refractivity contribution in [3.63, 3.8) is 0 Å². The summed E-state index contributed by atoms with van der Waals surface area (Å²) in [6.45, 7) is 6.77. The first-order chi connectivity index (χ1) is 10.1. The molecule has 4 nitrogen and oxygen atoms in total. The quantitative estimate of drug-likeness (QED) is 0.906. The Morgan fingerprint density at radius 3 is 2.76 bits per heavy atom. The number of carbonyl (C=O) groups excluding carboxylic acids is 1. The van der Waals surface area contributed by atoms with E-state index in [1.165, 1.54) is 5.56 Å². The molecule has 1 aliphatic heterocycles. The smallest absolute Gasteiger partial charge is 0.224 e. The molecule has 0 atom stereocenters. The largest absolute Gasteiger partial charge is 0.495 e. The van der Waals surface area contributed by atoms with Crippen LogP contribution in [0.15, 0.2) is 18.2 Å². The van der Waals surface area contributed by atoms with Crippen molar-refractivity contribution in [2.45, 2.75) is 33.1 Å². The maximum atomic E-state index is 12.2. The van der Waals surface area contributed by atoms with Gasteiger partial charge in [0.1, 0.15) is 5.75 Å². The lowest BCUT2D eigenvalue weighted by Gasteiger charge is -2.30. The molecule has 1 aliphatic rings. The molecule has 0 bridgehead atoms. The Morgan fingerprint density at radius 2 is 2.10 bits per heavy atom. The number of anilines is 1. The van der Waals surface area contributed by atoms with Crippen LogP contribution in [0.5, 0.6) is 5.75 Å². The standard InChI is InChI=1S/C17H26N2O2/c1-13-7-10-19(11-8-13)17(20)6-9-18-15-12-14(2)4-5-16(15)21-3/h4-5,12-13,18H,6-11H2,1-3H3. The van der Waals surface area contributed by atoms with Crippen LogP contribution in [0.2, 0.25) is 0 Å². The Balaban J connectivity index is 1.81. The van der Waals surface area contributed by atoms with E-state index in [9.17, 15) is 4.79 Å². The number of hydrogen-bond donors (Lipinski definition) is 1. The van der Waals surface area contributed by atoms with Gasteiger partial charge in [-0.1, -0.05) is 13.0 Å². The van der Waals surface area contributed by atoms with E-state index in [0.717, 1.165) is 43.3 Å². The van der Waals surface area contributed by atoms with Crippen LogP contribution in [0.25, 0.3) is 0 Å². The molecule has 0 radical (unpaired) electrons. The Bertz CT molecular complexity index is 480. The molecule has 0 saturated carbocycles. The molecule has 1 aromatic rings. The number of ether oxygens (including phenoxy) is 1. The minimum atomic E-state index is 0.251. The number of nitrogens with one attached hydrogen (secondary N) is 1. The minimum absolute atomic E-state index is 0.251. The number of likely N-dealkylation sites (tertiary alicyclic amines) is 1. The first kappa shape index (κ1) is 15.7. The Hall–Kier alpha value is -1.71. The Morgan fingerprint density at radius 1 is 1.38 bits per heavy atom. The predicted molar refractivity (Wildman–Crippen MR) is 85.8 cm³/mol. The Kier molecular flexibility index (Phi) is 5.48. The second-order valence-corrected chi connectivity index (χ2v) is 5.94. The molecule has 116 valence electrons. The highest BCUT2D eigenvalue weighted by atomic mass is 16.5. The third kappa shape index (κ3) is 4.38. The van der Waals surface area contributed by atoms with Crippen LogP contribution >= 0.6 is 0 Å². The van der Waals surface area contributed by atoms with Crippen LogP contribution in [0.3, 0.4) is 0 Å². The molecular formula is C17H26N2O2. The number of aryl methyl sites for hydroxylation is 1. The minimum Gasteiger partial charge on any atom is -0.495 e. The summed E-state index contributed by atoms with van der Waals surface area (Å²) >= 11 is 0. The van der Waals surface area contributed by atoms with Gasteiger partial charge in [-0.05, 0) is 43.4 Å². The van der Waals surface area contributed by atoms with E-state index >= 15 is 0 Å². The first-order valence-corrected chi connectivity index (χ1v) is 7.76. The van der Waals surface area contributed by atoms with Crippen LogP contribution in [0.1, 0.15) is 31.7 Å². The molecule has 1 saturated heterocycles. The summed E-state index contributed by atoms with van der Waals surface area (Å²) in [7, 11) is 1.66. The summed E-state index contributed by atoms with van der Waals surface area (Å²) in [6.07, 6.45) is 2.79. The summed E-state index contributed by atoms with van der Waals surface area (Å²) in [6, 6.07) is 6.02. The van der Waals surface area contributed by atoms with E-state index in [0.29, 0.717) is 13.0 Å². The monoisotopic (exact) mass is 290 g/mol. The number of amides is 1. The lowest BCUT2D eigenvalue weighted by atomic mass is 9.99. The lowest BCUT2D eigenvalue weighted by molar-refractivity contribution is -0.132. The van der Waals surface area contributed by atoms with Crippen molar-refractivity contribution in [3.8, 4) is 5.75 Å². The van der Waals surface area contributed by atoms with Gasteiger partial charge in [-0.15, -0.1) is 0 Å². The third-order valence-electron chi connectivity index (χ3n) is 4.15. The van der Waals surface area contributed by atoms with Gasteiger partial charge in [0.05, 0.1) is 12.8 Å². The number of nitrogens with zero attached hydrogens (tertiary/aromatic N) is 1. The molecule has 0 aliphatic carbocycles. The van der Waals surface area contributed by atoms with Crippen molar-refractivity contribution in [3.05, 3.63) is 23.8 Å². The summed E-state index contributed by atoms with van der Waals surface area (Å²) < 4.78 is 5.33. The fourth-order valence-electron chi connectivity index (χ4n) is 2.68. The van der Waals surface area contributed by atoms with E-state index in [1.807, 2.05) is 30.0 Å². The zero-order chi connectivity index (χ0) is 15.2. The molecule has 1 N–H and O–H groups in total. The third-order valence-corrected chi connectivity index (χ3v) is 4.15. The number of rotatable bonds is 5. The van der Waals surface area contributed by atoms with Crippen molar-refractivity contribution in [2.75, 3.05) is 32.1 Å². The van der Waals surface area contributed by atoms with E-state index in [2.05, 4.69) is 12.2 Å². The van der Waals surface area contributed by atoms with Crippen LogP contribution in [-0.2, 0) is 4.79 Å². The van der Waals surface area contributed by atoms with E-state index in [1.54, 1.807) is 7.11 Å².